The number of hydrogen-bond donors (Lipinski definition) is 1. The van der Waals surface area contributed by atoms with Crippen molar-refractivity contribution in [1.29, 1.82) is 0 Å². The van der Waals surface area contributed by atoms with E-state index in [4.69, 9.17) is 14.2 Å². The summed E-state index contributed by atoms with van der Waals surface area (Å²) in [5.41, 5.74) is 0. The predicted octanol–water partition coefficient (Wildman–Crippen LogP) is 15.4. The summed E-state index contributed by atoms with van der Waals surface area (Å²) in [5.74, 6) is -1.45. The van der Waals surface area contributed by atoms with E-state index in [1.54, 1.807) is 0 Å². The Bertz CT molecular complexity index is 1020. The molecule has 0 bridgehead atoms. The first kappa shape index (κ1) is 60.1. The molecule has 0 fully saturated rings. The molecule has 0 aliphatic rings. The second-order valence-electron chi connectivity index (χ2n) is 19.5. The number of carbonyl (C=O) groups excluding carboxylic acids is 2. The highest BCUT2D eigenvalue weighted by molar-refractivity contribution is 5.72. The average Bonchev–Trinajstić information content (AvgIpc) is 3.23. The minimum atomic E-state index is -0.871. The summed E-state index contributed by atoms with van der Waals surface area (Å²) < 4.78 is 17.4. The lowest BCUT2D eigenvalue weighted by atomic mass is 10.0. The van der Waals surface area contributed by atoms with E-state index in [0.717, 1.165) is 38.5 Å². The Labute approximate surface area is 384 Å². The van der Waals surface area contributed by atoms with Gasteiger partial charge in [0.05, 0.1) is 34.4 Å². The van der Waals surface area contributed by atoms with Crippen LogP contribution in [-0.4, -0.2) is 80.6 Å². The lowest BCUT2D eigenvalue weighted by molar-refractivity contribution is -0.887. The predicted molar refractivity (Wildman–Crippen MR) is 262 cm³/mol. The van der Waals surface area contributed by atoms with Gasteiger partial charge in [0, 0.05) is 19.3 Å². The second-order valence-corrected chi connectivity index (χ2v) is 19.5. The highest BCUT2D eigenvalue weighted by Gasteiger charge is 2.31. The van der Waals surface area contributed by atoms with E-state index in [0.29, 0.717) is 19.3 Å². The third-order valence-electron chi connectivity index (χ3n) is 12.4. The molecule has 0 aliphatic carbocycles. The molecule has 2 atom stereocenters. The molecule has 62 heavy (non-hydrogen) atoms. The molecule has 0 aliphatic heterocycles. The number of carbonyl (C=O) groups is 3. The van der Waals surface area contributed by atoms with Crippen LogP contribution in [0.15, 0.2) is 12.2 Å². The Morgan fingerprint density at radius 3 is 1.16 bits per heavy atom. The molecule has 366 valence electrons. The first-order chi connectivity index (χ1) is 30.1. The van der Waals surface area contributed by atoms with Gasteiger partial charge in [0.25, 0.3) is 0 Å². The molecule has 0 heterocycles. The molecule has 0 saturated carbocycles. The number of ether oxygens (including phenoxy) is 3. The molecular formula is C54H104NO7+. The summed E-state index contributed by atoms with van der Waals surface area (Å²) in [4.78, 5) is 37.2. The van der Waals surface area contributed by atoms with Gasteiger partial charge in [-0.3, -0.25) is 9.59 Å². The monoisotopic (exact) mass is 879 g/mol. The maximum Gasteiger partial charge on any atom is 0.362 e. The molecule has 0 aromatic carbocycles. The molecule has 0 spiro atoms. The van der Waals surface area contributed by atoms with Gasteiger partial charge in [0.15, 0.2) is 12.1 Å². The first-order valence-electron chi connectivity index (χ1n) is 26.7. The van der Waals surface area contributed by atoms with Crippen molar-refractivity contribution >= 4 is 17.9 Å². The topological polar surface area (TPSA) is 99.1 Å². The number of nitrogens with zero attached hydrogens (tertiary/aromatic N) is 1. The summed E-state index contributed by atoms with van der Waals surface area (Å²) >= 11 is 0. The fourth-order valence-corrected chi connectivity index (χ4v) is 8.27. The normalized spacial score (nSPS) is 12.9. The standard InChI is InChI=1S/C54H103NO7/c1-6-8-10-12-14-16-18-20-22-23-24-25-26-27-28-29-31-33-35-37-39-41-43-45-53(57)62-50(48-60-47-46-51(54(58)59)55(3,4)5)49-61-52(56)44-42-40-38-36-34-32-30-21-19-17-15-13-11-9-7-2/h27-28,50-51H,6-26,29-49H2,1-5H3/p+1/b28-27+. The zero-order chi connectivity index (χ0) is 45.6. The number of likely N-dealkylation sites (N-methyl/N-ethyl adjacent to an activating group) is 1. The molecule has 8 nitrogen and oxygen atoms in total. The number of carboxylic acids is 1. The summed E-state index contributed by atoms with van der Waals surface area (Å²) in [6.45, 7) is 4.78. The SMILES string of the molecule is CCCCCCCCCCCCCC/C=C/CCCCCCCCCC(=O)OC(COCCC(C(=O)O)[N+](C)(C)C)COC(=O)CCCCCCCCCCCCCCCCC. The van der Waals surface area contributed by atoms with Gasteiger partial charge in [0.2, 0.25) is 0 Å². The van der Waals surface area contributed by atoms with Crippen LogP contribution >= 0.6 is 0 Å². The van der Waals surface area contributed by atoms with E-state index in [2.05, 4.69) is 26.0 Å². The highest BCUT2D eigenvalue weighted by Crippen LogP contribution is 2.17. The van der Waals surface area contributed by atoms with E-state index < -0.39 is 18.1 Å². The lowest BCUT2D eigenvalue weighted by Gasteiger charge is -2.31. The average molecular weight is 879 g/mol. The van der Waals surface area contributed by atoms with Crippen molar-refractivity contribution < 1.29 is 38.2 Å². The van der Waals surface area contributed by atoms with Gasteiger partial charge in [-0.05, 0) is 38.5 Å². The van der Waals surface area contributed by atoms with Gasteiger partial charge in [-0.25, -0.2) is 4.79 Å². The van der Waals surface area contributed by atoms with Crippen LogP contribution in [0.2, 0.25) is 0 Å². The zero-order valence-corrected chi connectivity index (χ0v) is 41.9. The summed E-state index contributed by atoms with van der Waals surface area (Å²) in [6, 6.07) is -0.612. The highest BCUT2D eigenvalue weighted by atomic mass is 16.6. The second kappa shape index (κ2) is 45.6. The summed E-state index contributed by atoms with van der Waals surface area (Å²) in [7, 11) is 5.55. The number of esters is 2. The number of hydrogen-bond acceptors (Lipinski definition) is 6. The van der Waals surface area contributed by atoms with Crippen molar-refractivity contribution in [2.24, 2.45) is 0 Å². The van der Waals surface area contributed by atoms with Crippen LogP contribution in [0, 0.1) is 0 Å². The van der Waals surface area contributed by atoms with Crippen molar-refractivity contribution in [1.82, 2.24) is 0 Å². The number of carboxylic acid groups (broad SMARTS) is 1. The van der Waals surface area contributed by atoms with Gasteiger partial charge >= 0.3 is 17.9 Å². The Hall–Kier alpha value is -1.93. The van der Waals surface area contributed by atoms with Gasteiger partial charge in [-0.15, -0.1) is 0 Å². The molecule has 0 rings (SSSR count). The Kier molecular flexibility index (Phi) is 44.2. The fourth-order valence-electron chi connectivity index (χ4n) is 8.27. The van der Waals surface area contributed by atoms with Gasteiger partial charge in [-0.1, -0.05) is 219 Å². The quantitative estimate of drug-likeness (QED) is 0.0281. The number of unbranched alkanes of at least 4 members (excludes halogenated alkanes) is 33. The largest absolute Gasteiger partial charge is 0.477 e. The Morgan fingerprint density at radius 1 is 0.468 bits per heavy atom. The molecule has 8 heteroatoms. The maximum absolute atomic E-state index is 12.8. The minimum Gasteiger partial charge on any atom is -0.477 e. The number of aliphatic carboxylic acids is 1. The van der Waals surface area contributed by atoms with E-state index in [1.807, 2.05) is 21.1 Å². The molecule has 0 saturated heterocycles. The van der Waals surface area contributed by atoms with Crippen molar-refractivity contribution in [3.05, 3.63) is 12.2 Å². The smallest absolute Gasteiger partial charge is 0.362 e. The van der Waals surface area contributed by atoms with Crippen molar-refractivity contribution in [3.63, 3.8) is 0 Å². The lowest BCUT2D eigenvalue weighted by Crippen LogP contribution is -2.50. The fraction of sp³-hybridized carbons (Fsp3) is 0.907. The summed E-state index contributed by atoms with van der Waals surface area (Å²) in [5, 5.41) is 9.65. The third kappa shape index (κ3) is 43.3. The van der Waals surface area contributed by atoms with Crippen LogP contribution in [-0.2, 0) is 28.6 Å². The van der Waals surface area contributed by atoms with E-state index in [1.165, 1.54) is 193 Å². The first-order valence-corrected chi connectivity index (χ1v) is 26.7. The van der Waals surface area contributed by atoms with Crippen LogP contribution in [0.5, 0.6) is 0 Å². The van der Waals surface area contributed by atoms with Gasteiger partial charge in [0.1, 0.15) is 6.61 Å². The van der Waals surface area contributed by atoms with Crippen molar-refractivity contribution in [2.75, 3.05) is 41.0 Å². The van der Waals surface area contributed by atoms with Crippen LogP contribution in [0.4, 0.5) is 0 Å². The van der Waals surface area contributed by atoms with Crippen molar-refractivity contribution in [2.45, 2.75) is 276 Å². The van der Waals surface area contributed by atoms with E-state index >= 15 is 0 Å². The Balaban J connectivity index is 4.17. The molecule has 2 unspecified atom stereocenters. The molecule has 0 aromatic rings. The molecular weight excluding hydrogens is 775 g/mol. The molecule has 1 N–H and O–H groups in total. The third-order valence-corrected chi connectivity index (χ3v) is 12.4. The maximum atomic E-state index is 12.8. The molecule has 0 radical (unpaired) electrons. The van der Waals surface area contributed by atoms with Crippen LogP contribution in [0.25, 0.3) is 0 Å². The van der Waals surface area contributed by atoms with Crippen LogP contribution in [0.1, 0.15) is 264 Å². The van der Waals surface area contributed by atoms with Crippen molar-refractivity contribution in [3.8, 4) is 0 Å². The van der Waals surface area contributed by atoms with Crippen LogP contribution < -0.4 is 0 Å². The van der Waals surface area contributed by atoms with Gasteiger partial charge in [-0.2, -0.15) is 0 Å². The van der Waals surface area contributed by atoms with E-state index in [-0.39, 0.29) is 36.2 Å². The zero-order valence-electron chi connectivity index (χ0n) is 41.9. The minimum absolute atomic E-state index is 0.0460. The molecule has 0 aromatic heterocycles. The molecule has 0 amide bonds. The summed E-state index contributed by atoms with van der Waals surface area (Å²) in [6.07, 6.45) is 51.2. The Morgan fingerprint density at radius 2 is 0.806 bits per heavy atom. The number of allylic oxidation sites excluding steroid dienone is 2. The number of rotatable bonds is 49. The van der Waals surface area contributed by atoms with E-state index in [9.17, 15) is 19.5 Å². The number of quaternary nitrogens is 1. The van der Waals surface area contributed by atoms with Gasteiger partial charge < -0.3 is 23.8 Å². The van der Waals surface area contributed by atoms with Crippen LogP contribution in [0.3, 0.4) is 0 Å².